The van der Waals surface area contributed by atoms with Gasteiger partial charge in [0.05, 0.1) is 0 Å². The van der Waals surface area contributed by atoms with E-state index in [-0.39, 0.29) is 6.04 Å². The van der Waals surface area contributed by atoms with Crippen LogP contribution in [0.5, 0.6) is 5.75 Å². The number of nitrogens with zero attached hydrogens (tertiary/aromatic N) is 2. The number of likely N-dealkylation sites (N-methyl/N-ethyl adjacent to an activating group) is 2. The maximum Gasteiger partial charge on any atom is 0.120 e. The number of hydrogen-bond donors (Lipinski definition) is 1. The number of likely N-dealkylation sites (tertiary alicyclic amines) is 1. The molecule has 0 spiro atoms. The summed E-state index contributed by atoms with van der Waals surface area (Å²) in [7, 11) is 2.16. The van der Waals surface area contributed by atoms with Crippen LogP contribution in [0.2, 0.25) is 0 Å². The van der Waals surface area contributed by atoms with Crippen molar-refractivity contribution in [2.24, 2.45) is 0 Å². The average molecular weight is 276 g/mol. The van der Waals surface area contributed by atoms with Gasteiger partial charge in [0.1, 0.15) is 5.75 Å². The van der Waals surface area contributed by atoms with Gasteiger partial charge < -0.3 is 5.11 Å². The number of rotatable bonds is 5. The number of aromatic hydroxyl groups is 1. The molecule has 0 aliphatic carbocycles. The van der Waals surface area contributed by atoms with Crippen molar-refractivity contribution in [3.8, 4) is 5.75 Å². The molecule has 1 heterocycles. The fourth-order valence-corrected chi connectivity index (χ4v) is 3.25. The van der Waals surface area contributed by atoms with Gasteiger partial charge in [-0.05, 0) is 58.5 Å². The Labute approximate surface area is 123 Å². The minimum atomic E-state index is 0.245. The summed E-state index contributed by atoms with van der Waals surface area (Å²) in [6.07, 6.45) is 2.61. The van der Waals surface area contributed by atoms with Gasteiger partial charge in [-0.3, -0.25) is 9.80 Å². The molecule has 1 N–H and O–H groups in total. The van der Waals surface area contributed by atoms with Crippen LogP contribution in [0.15, 0.2) is 18.2 Å². The Balaban J connectivity index is 2.02. The molecule has 2 unspecified atom stereocenters. The minimum absolute atomic E-state index is 0.245. The first kappa shape index (κ1) is 15.3. The fourth-order valence-electron chi connectivity index (χ4n) is 3.25. The van der Waals surface area contributed by atoms with Crippen LogP contribution in [-0.4, -0.2) is 47.6 Å². The first-order chi connectivity index (χ1) is 9.52. The Morgan fingerprint density at radius 2 is 2.20 bits per heavy atom. The fraction of sp³-hybridized carbons (Fsp3) is 0.647. The van der Waals surface area contributed by atoms with Crippen LogP contribution in [0.4, 0.5) is 0 Å². The number of aryl methyl sites for hydroxylation is 1. The highest BCUT2D eigenvalue weighted by molar-refractivity contribution is 5.37. The van der Waals surface area contributed by atoms with Gasteiger partial charge in [0.2, 0.25) is 0 Å². The van der Waals surface area contributed by atoms with Crippen molar-refractivity contribution in [1.29, 1.82) is 0 Å². The topological polar surface area (TPSA) is 26.7 Å². The van der Waals surface area contributed by atoms with E-state index >= 15 is 0 Å². The third-order valence-corrected chi connectivity index (χ3v) is 4.70. The van der Waals surface area contributed by atoms with Gasteiger partial charge in [-0.25, -0.2) is 0 Å². The molecule has 2 rings (SSSR count). The van der Waals surface area contributed by atoms with Gasteiger partial charge >= 0.3 is 0 Å². The molecule has 0 saturated carbocycles. The monoisotopic (exact) mass is 276 g/mol. The summed E-state index contributed by atoms with van der Waals surface area (Å²) >= 11 is 0. The maximum atomic E-state index is 10.1. The van der Waals surface area contributed by atoms with Gasteiger partial charge in [0.25, 0.3) is 0 Å². The van der Waals surface area contributed by atoms with Crippen molar-refractivity contribution in [3.05, 3.63) is 29.3 Å². The van der Waals surface area contributed by atoms with Gasteiger partial charge in [-0.15, -0.1) is 0 Å². The molecule has 1 aromatic carbocycles. The van der Waals surface area contributed by atoms with Crippen molar-refractivity contribution < 1.29 is 5.11 Å². The molecule has 3 heteroatoms. The molecule has 3 nitrogen and oxygen atoms in total. The van der Waals surface area contributed by atoms with E-state index in [1.807, 2.05) is 13.0 Å². The van der Waals surface area contributed by atoms with E-state index in [1.54, 1.807) is 0 Å². The molecule has 2 atom stereocenters. The number of hydrogen-bond acceptors (Lipinski definition) is 3. The lowest BCUT2D eigenvalue weighted by molar-refractivity contribution is 0.169. The van der Waals surface area contributed by atoms with Crippen LogP contribution in [0.1, 0.15) is 43.9 Å². The van der Waals surface area contributed by atoms with Crippen LogP contribution in [0.3, 0.4) is 0 Å². The summed E-state index contributed by atoms with van der Waals surface area (Å²) in [6.45, 7) is 9.88. The molecule has 0 radical (unpaired) electrons. The molecular weight excluding hydrogens is 248 g/mol. The second-order valence-corrected chi connectivity index (χ2v) is 6.10. The standard InChI is InChI=1S/C17H28N2O/c1-5-19-10-6-7-15(19)12-18(4)14(3)16-9-8-13(2)11-17(16)20/h8-9,11,14-15,20H,5-7,10,12H2,1-4H3. The van der Waals surface area contributed by atoms with Crippen molar-refractivity contribution in [1.82, 2.24) is 9.80 Å². The number of benzene rings is 1. The van der Waals surface area contributed by atoms with Crippen molar-refractivity contribution >= 4 is 0 Å². The highest BCUT2D eigenvalue weighted by Crippen LogP contribution is 2.29. The zero-order valence-corrected chi connectivity index (χ0v) is 13.3. The maximum absolute atomic E-state index is 10.1. The smallest absolute Gasteiger partial charge is 0.120 e. The molecule has 0 aromatic heterocycles. The zero-order chi connectivity index (χ0) is 14.7. The first-order valence-electron chi connectivity index (χ1n) is 7.76. The minimum Gasteiger partial charge on any atom is -0.508 e. The van der Waals surface area contributed by atoms with E-state index in [9.17, 15) is 5.11 Å². The quantitative estimate of drug-likeness (QED) is 0.895. The van der Waals surface area contributed by atoms with E-state index in [1.165, 1.54) is 19.4 Å². The molecule has 20 heavy (non-hydrogen) atoms. The summed E-state index contributed by atoms with van der Waals surface area (Å²) in [5.74, 6) is 0.420. The van der Waals surface area contributed by atoms with Crippen LogP contribution < -0.4 is 0 Å². The highest BCUT2D eigenvalue weighted by atomic mass is 16.3. The molecule has 1 saturated heterocycles. The van der Waals surface area contributed by atoms with Crippen LogP contribution >= 0.6 is 0 Å². The average Bonchev–Trinajstić information content (AvgIpc) is 2.85. The Kier molecular flexibility index (Phi) is 5.06. The number of phenols is 1. The molecule has 112 valence electrons. The van der Waals surface area contributed by atoms with E-state index in [2.05, 4.69) is 42.8 Å². The zero-order valence-electron chi connectivity index (χ0n) is 13.3. The number of phenolic OH excluding ortho intramolecular Hbond substituents is 1. The molecular formula is C17H28N2O. The van der Waals surface area contributed by atoms with E-state index in [0.29, 0.717) is 11.8 Å². The van der Waals surface area contributed by atoms with E-state index < -0.39 is 0 Å². The molecule has 1 aromatic rings. The Bertz CT molecular complexity index is 447. The normalized spacial score (nSPS) is 21.6. The molecule has 1 aliphatic heterocycles. The molecule has 0 amide bonds. The Morgan fingerprint density at radius 3 is 2.85 bits per heavy atom. The van der Waals surface area contributed by atoms with Crippen molar-refractivity contribution in [2.45, 2.75) is 45.7 Å². The summed E-state index contributed by atoms with van der Waals surface area (Å²) in [5, 5.41) is 10.1. The van der Waals surface area contributed by atoms with E-state index in [4.69, 9.17) is 0 Å². The highest BCUT2D eigenvalue weighted by Gasteiger charge is 2.26. The Morgan fingerprint density at radius 1 is 1.45 bits per heavy atom. The molecule has 1 fully saturated rings. The summed E-state index contributed by atoms with van der Waals surface area (Å²) in [6, 6.07) is 6.90. The predicted octanol–water partition coefficient (Wildman–Crippen LogP) is 3.18. The van der Waals surface area contributed by atoms with Gasteiger partial charge in [0.15, 0.2) is 0 Å². The van der Waals surface area contributed by atoms with Crippen molar-refractivity contribution in [3.63, 3.8) is 0 Å². The SMILES string of the molecule is CCN1CCCC1CN(C)C(C)c1ccc(C)cc1O. The lowest BCUT2D eigenvalue weighted by Crippen LogP contribution is -2.39. The largest absolute Gasteiger partial charge is 0.508 e. The lowest BCUT2D eigenvalue weighted by Gasteiger charge is -2.32. The van der Waals surface area contributed by atoms with Crippen LogP contribution in [0.25, 0.3) is 0 Å². The van der Waals surface area contributed by atoms with Crippen LogP contribution in [0, 0.1) is 6.92 Å². The summed E-state index contributed by atoms with van der Waals surface area (Å²) < 4.78 is 0. The second kappa shape index (κ2) is 6.59. The summed E-state index contributed by atoms with van der Waals surface area (Å²) in [4.78, 5) is 4.93. The third-order valence-electron chi connectivity index (χ3n) is 4.70. The van der Waals surface area contributed by atoms with E-state index in [0.717, 1.165) is 24.2 Å². The van der Waals surface area contributed by atoms with Gasteiger partial charge in [-0.1, -0.05) is 19.1 Å². The molecule has 0 bridgehead atoms. The van der Waals surface area contributed by atoms with Gasteiger partial charge in [-0.2, -0.15) is 0 Å². The Hall–Kier alpha value is -1.06. The van der Waals surface area contributed by atoms with Gasteiger partial charge in [0, 0.05) is 24.2 Å². The first-order valence-corrected chi connectivity index (χ1v) is 7.76. The van der Waals surface area contributed by atoms with Crippen molar-refractivity contribution in [2.75, 3.05) is 26.7 Å². The van der Waals surface area contributed by atoms with Crippen LogP contribution in [-0.2, 0) is 0 Å². The molecule has 1 aliphatic rings. The lowest BCUT2D eigenvalue weighted by atomic mass is 10.0. The predicted molar refractivity (Wildman–Crippen MR) is 84.2 cm³/mol. The second-order valence-electron chi connectivity index (χ2n) is 6.10. The third kappa shape index (κ3) is 3.33. The summed E-state index contributed by atoms with van der Waals surface area (Å²) in [5.41, 5.74) is 2.13.